The minimum absolute atomic E-state index is 0.475. The molecule has 0 bridgehead atoms. The molecule has 20 heavy (non-hydrogen) atoms. The molecular formula is C14H18ClNO4. The molecule has 5 nitrogen and oxygen atoms in total. The van der Waals surface area contributed by atoms with Gasteiger partial charge in [0.25, 0.3) is 5.91 Å². The Morgan fingerprint density at radius 3 is 2.10 bits per heavy atom. The number of carboxylic acids is 1. The van der Waals surface area contributed by atoms with E-state index in [0.29, 0.717) is 10.8 Å². The molecule has 2 N–H and O–H groups in total. The van der Waals surface area contributed by atoms with E-state index >= 15 is 0 Å². The molecule has 0 aliphatic rings. The predicted octanol–water partition coefficient (Wildman–Crippen LogP) is 2.48. The first kappa shape index (κ1) is 16.3. The van der Waals surface area contributed by atoms with Crippen LogP contribution < -0.4 is 10.1 Å². The highest BCUT2D eigenvalue weighted by atomic mass is 35.5. The van der Waals surface area contributed by atoms with Crippen molar-refractivity contribution in [2.24, 2.45) is 0 Å². The summed E-state index contributed by atoms with van der Waals surface area (Å²) in [6, 6.07) is 6.57. The van der Waals surface area contributed by atoms with Crippen molar-refractivity contribution in [2.45, 2.75) is 38.8 Å². The van der Waals surface area contributed by atoms with E-state index < -0.39 is 23.0 Å². The van der Waals surface area contributed by atoms with Gasteiger partial charge in [-0.05, 0) is 52.0 Å². The lowest BCUT2D eigenvalue weighted by Gasteiger charge is -2.30. The van der Waals surface area contributed by atoms with Crippen LogP contribution in [0.2, 0.25) is 5.02 Å². The maximum Gasteiger partial charge on any atom is 0.328 e. The summed E-state index contributed by atoms with van der Waals surface area (Å²) in [5, 5.41) is 12.0. The number of hydrogen-bond acceptors (Lipinski definition) is 3. The van der Waals surface area contributed by atoms with Gasteiger partial charge in [0.15, 0.2) is 5.60 Å². The lowest BCUT2D eigenvalue weighted by Crippen LogP contribution is -2.57. The van der Waals surface area contributed by atoms with Crippen LogP contribution in [0.1, 0.15) is 27.7 Å². The molecule has 0 fully saturated rings. The van der Waals surface area contributed by atoms with Crippen molar-refractivity contribution in [3.05, 3.63) is 29.3 Å². The predicted molar refractivity (Wildman–Crippen MR) is 76.0 cm³/mol. The maximum atomic E-state index is 12.1. The largest absolute Gasteiger partial charge is 0.480 e. The van der Waals surface area contributed by atoms with Crippen molar-refractivity contribution in [3.63, 3.8) is 0 Å². The molecule has 1 aromatic rings. The van der Waals surface area contributed by atoms with E-state index in [1.807, 2.05) is 0 Å². The average molecular weight is 300 g/mol. The number of rotatable bonds is 5. The number of hydrogen-bond donors (Lipinski definition) is 2. The Balaban J connectivity index is 2.80. The Hall–Kier alpha value is -1.75. The number of carboxylic acid groups (broad SMARTS) is 1. The molecule has 110 valence electrons. The summed E-state index contributed by atoms with van der Waals surface area (Å²) in [6.07, 6.45) is 0. The van der Waals surface area contributed by atoms with E-state index in [2.05, 4.69) is 5.32 Å². The molecular weight excluding hydrogens is 282 g/mol. The zero-order chi connectivity index (χ0) is 15.6. The Labute approximate surface area is 122 Å². The van der Waals surface area contributed by atoms with Crippen molar-refractivity contribution in [3.8, 4) is 5.75 Å². The smallest absolute Gasteiger partial charge is 0.328 e. The molecule has 1 amide bonds. The molecule has 6 heteroatoms. The van der Waals surface area contributed by atoms with Gasteiger partial charge in [-0.15, -0.1) is 0 Å². The first-order valence-electron chi connectivity index (χ1n) is 6.05. The van der Waals surface area contributed by atoms with Crippen LogP contribution in [0.15, 0.2) is 24.3 Å². The lowest BCUT2D eigenvalue weighted by atomic mass is 10.0. The maximum absolute atomic E-state index is 12.1. The van der Waals surface area contributed by atoms with Gasteiger partial charge < -0.3 is 15.2 Å². The second-order valence-electron chi connectivity index (χ2n) is 5.45. The lowest BCUT2D eigenvalue weighted by molar-refractivity contribution is -0.149. The van der Waals surface area contributed by atoms with Crippen LogP contribution >= 0.6 is 11.6 Å². The van der Waals surface area contributed by atoms with E-state index in [1.165, 1.54) is 13.8 Å². The van der Waals surface area contributed by atoms with Crippen LogP contribution in [0.5, 0.6) is 5.75 Å². The Morgan fingerprint density at radius 1 is 1.15 bits per heavy atom. The molecule has 0 aliphatic heterocycles. The summed E-state index contributed by atoms with van der Waals surface area (Å²) < 4.78 is 5.58. The molecule has 0 aromatic heterocycles. The van der Waals surface area contributed by atoms with Crippen LogP contribution in [-0.2, 0) is 9.59 Å². The second-order valence-corrected chi connectivity index (χ2v) is 5.89. The second kappa shape index (κ2) is 5.71. The van der Waals surface area contributed by atoms with Crippen LogP contribution in [0.3, 0.4) is 0 Å². The number of ether oxygens (including phenoxy) is 1. The molecule has 0 unspecified atom stereocenters. The Bertz CT molecular complexity index is 508. The zero-order valence-corrected chi connectivity index (χ0v) is 12.6. The third-order valence-electron chi connectivity index (χ3n) is 2.69. The number of carbonyl (C=O) groups is 2. The van der Waals surface area contributed by atoms with Gasteiger partial charge in [-0.3, -0.25) is 4.79 Å². The van der Waals surface area contributed by atoms with E-state index in [4.69, 9.17) is 21.4 Å². The fraction of sp³-hybridized carbons (Fsp3) is 0.429. The van der Waals surface area contributed by atoms with E-state index in [1.54, 1.807) is 38.1 Å². The van der Waals surface area contributed by atoms with Crippen LogP contribution in [0.25, 0.3) is 0 Å². The van der Waals surface area contributed by atoms with Gasteiger partial charge >= 0.3 is 5.97 Å². The molecule has 0 radical (unpaired) electrons. The van der Waals surface area contributed by atoms with Crippen molar-refractivity contribution in [1.82, 2.24) is 5.32 Å². The topological polar surface area (TPSA) is 75.6 Å². The Morgan fingerprint density at radius 2 is 1.65 bits per heavy atom. The van der Waals surface area contributed by atoms with E-state index in [9.17, 15) is 9.59 Å². The summed E-state index contributed by atoms with van der Waals surface area (Å²) in [5.41, 5.74) is -2.57. The summed E-state index contributed by atoms with van der Waals surface area (Å²) in [7, 11) is 0. The summed E-state index contributed by atoms with van der Waals surface area (Å²) in [4.78, 5) is 23.1. The number of benzene rings is 1. The number of aliphatic carboxylic acids is 1. The van der Waals surface area contributed by atoms with Crippen molar-refractivity contribution in [1.29, 1.82) is 0 Å². The fourth-order valence-electron chi connectivity index (χ4n) is 1.33. The van der Waals surface area contributed by atoms with Gasteiger partial charge in [-0.25, -0.2) is 4.79 Å². The van der Waals surface area contributed by atoms with Gasteiger partial charge in [0.05, 0.1) is 0 Å². The van der Waals surface area contributed by atoms with Crippen LogP contribution in [-0.4, -0.2) is 28.1 Å². The van der Waals surface area contributed by atoms with Gasteiger partial charge in [0.1, 0.15) is 11.3 Å². The van der Waals surface area contributed by atoms with E-state index in [0.717, 1.165) is 0 Å². The normalized spacial score (nSPS) is 11.8. The highest BCUT2D eigenvalue weighted by molar-refractivity contribution is 6.30. The molecule has 1 aromatic carbocycles. The third-order valence-corrected chi connectivity index (χ3v) is 2.95. The first-order valence-corrected chi connectivity index (χ1v) is 6.43. The highest BCUT2D eigenvalue weighted by Crippen LogP contribution is 2.21. The van der Waals surface area contributed by atoms with Gasteiger partial charge in [0, 0.05) is 5.02 Å². The fourth-order valence-corrected chi connectivity index (χ4v) is 1.46. The third kappa shape index (κ3) is 4.13. The van der Waals surface area contributed by atoms with Gasteiger partial charge in [0.2, 0.25) is 0 Å². The zero-order valence-electron chi connectivity index (χ0n) is 11.9. The monoisotopic (exact) mass is 299 g/mol. The highest BCUT2D eigenvalue weighted by Gasteiger charge is 2.37. The molecule has 0 aliphatic carbocycles. The number of amides is 1. The first-order chi connectivity index (χ1) is 9.04. The summed E-state index contributed by atoms with van der Waals surface area (Å²) in [5.74, 6) is -1.16. The molecule has 1 rings (SSSR count). The average Bonchev–Trinajstić information content (AvgIpc) is 2.31. The van der Waals surface area contributed by atoms with Crippen molar-refractivity contribution >= 4 is 23.5 Å². The van der Waals surface area contributed by atoms with Gasteiger partial charge in [-0.2, -0.15) is 0 Å². The molecule has 0 atom stereocenters. The summed E-state index contributed by atoms with van der Waals surface area (Å²) >= 11 is 5.77. The van der Waals surface area contributed by atoms with Crippen LogP contribution in [0.4, 0.5) is 0 Å². The summed E-state index contributed by atoms with van der Waals surface area (Å²) in [6.45, 7) is 5.95. The molecule has 0 heterocycles. The van der Waals surface area contributed by atoms with Crippen LogP contribution in [0, 0.1) is 0 Å². The standard InChI is InChI=1S/C14H18ClNO4/c1-13(2,12(18)19)16-11(17)14(3,4)20-10-7-5-9(15)6-8-10/h5-8H,1-4H3,(H,16,17)(H,18,19). The SMILES string of the molecule is CC(C)(NC(=O)C(C)(C)Oc1ccc(Cl)cc1)C(=O)O. The molecule has 0 saturated carbocycles. The quantitative estimate of drug-likeness (QED) is 0.876. The molecule has 0 saturated heterocycles. The number of halogens is 1. The van der Waals surface area contributed by atoms with E-state index in [-0.39, 0.29) is 0 Å². The Kier molecular flexibility index (Phi) is 4.65. The van der Waals surface area contributed by atoms with Crippen molar-refractivity contribution < 1.29 is 19.4 Å². The number of carbonyl (C=O) groups excluding carboxylic acids is 1. The van der Waals surface area contributed by atoms with Gasteiger partial charge in [-0.1, -0.05) is 11.6 Å². The van der Waals surface area contributed by atoms with Crippen molar-refractivity contribution in [2.75, 3.05) is 0 Å². The number of nitrogens with one attached hydrogen (secondary N) is 1. The minimum atomic E-state index is -1.36. The molecule has 0 spiro atoms. The minimum Gasteiger partial charge on any atom is -0.480 e.